The molecule has 6 rings (SSSR count). The fraction of sp³-hybridized carbons (Fsp3) is 0.351. The third-order valence-corrected chi connectivity index (χ3v) is 16.4. The molecule has 2 aromatic heterocycles. The topological polar surface area (TPSA) is 102 Å². The molecule has 0 saturated carbocycles. The first-order valence-electron chi connectivity index (χ1n) is 16.4. The summed E-state index contributed by atoms with van der Waals surface area (Å²) < 4.78 is 38.0. The number of fused-ring (bicyclic) bond motifs is 1. The number of nitrogens with zero attached hydrogens (tertiary/aromatic N) is 5. The van der Waals surface area contributed by atoms with Crippen LogP contribution in [0.1, 0.15) is 49.3 Å². The summed E-state index contributed by atoms with van der Waals surface area (Å²) in [6.45, 7) is 7.64. The van der Waals surface area contributed by atoms with E-state index in [0.717, 1.165) is 25.2 Å². The van der Waals surface area contributed by atoms with Crippen molar-refractivity contribution in [2.24, 2.45) is 11.8 Å². The lowest BCUT2D eigenvalue weighted by Crippen LogP contribution is -2.67. The Labute approximate surface area is 285 Å². The Bertz CT molecular complexity index is 1880. The molecule has 11 heteroatoms. The van der Waals surface area contributed by atoms with E-state index in [1.807, 2.05) is 36.7 Å². The van der Waals surface area contributed by atoms with E-state index in [2.05, 4.69) is 91.0 Å². The highest BCUT2D eigenvalue weighted by molar-refractivity contribution is 7.87. The summed E-state index contributed by atoms with van der Waals surface area (Å²) in [4.78, 5) is 9.58. The monoisotopic (exact) mass is 683 g/mol. The lowest BCUT2D eigenvalue weighted by atomic mass is 9.71. The van der Waals surface area contributed by atoms with Crippen LogP contribution in [0.3, 0.4) is 0 Å². The van der Waals surface area contributed by atoms with Crippen molar-refractivity contribution in [1.82, 2.24) is 22.8 Å². The highest BCUT2D eigenvalue weighted by Crippen LogP contribution is 2.45. The predicted octanol–water partition coefficient (Wildman–Crippen LogP) is 4.27. The van der Waals surface area contributed by atoms with Crippen LogP contribution in [0.15, 0.2) is 110 Å². The van der Waals surface area contributed by atoms with Gasteiger partial charge in [-0.05, 0) is 33.3 Å². The van der Waals surface area contributed by atoms with Crippen molar-refractivity contribution in [3.05, 3.63) is 132 Å². The molecule has 3 atom stereocenters. The first kappa shape index (κ1) is 34.0. The average Bonchev–Trinajstić information content (AvgIpc) is 3.73. The first-order valence-corrected chi connectivity index (χ1v) is 19.7. The Morgan fingerprint density at radius 2 is 1.48 bits per heavy atom. The Morgan fingerprint density at radius 1 is 0.896 bits per heavy atom. The SMILES string of the molecule is CN(C)S(=O)(=O)n1cnc([C@@H]2c3c(ncn3Cc3ccccc3)C[C@H](CO[Si](c3ccccc3)(c3ccccc3)C(C)(C)C)[C@H]2CO)c1. The second-order valence-corrected chi connectivity index (χ2v) is 20.2. The highest BCUT2D eigenvalue weighted by atomic mass is 32.2. The normalized spacial score (nSPS) is 18.6. The molecule has 3 aromatic carbocycles. The third-order valence-electron chi connectivity index (χ3n) is 9.71. The van der Waals surface area contributed by atoms with E-state index in [9.17, 15) is 13.5 Å². The highest BCUT2D eigenvalue weighted by Gasteiger charge is 2.51. The molecule has 0 radical (unpaired) electrons. The number of hydrogen-bond acceptors (Lipinski definition) is 6. The maximum atomic E-state index is 13.1. The standard InChI is InChI=1S/C37H45N5O4SSi/c1-37(2,3)48(30-17-11-7-12-18-30,31-19-13-8-14-20-31)46-25-29-21-33-36(41(26-38-33)22-28-15-9-6-10-16-28)35(32(29)24-43)34-23-42(27-39-34)47(44,45)40(4)5/h6-20,23,26-27,29,32,35,43H,21-22,24-25H2,1-5H3/t29-,32-,35-/m1/s1. The molecule has 0 saturated heterocycles. The van der Waals surface area contributed by atoms with E-state index < -0.39 is 24.4 Å². The zero-order valence-corrected chi connectivity index (χ0v) is 30.1. The van der Waals surface area contributed by atoms with Crippen LogP contribution >= 0.6 is 0 Å². The average molecular weight is 684 g/mol. The van der Waals surface area contributed by atoms with Gasteiger partial charge in [-0.1, -0.05) is 112 Å². The largest absolute Gasteiger partial charge is 0.407 e. The van der Waals surface area contributed by atoms with Crippen molar-refractivity contribution in [1.29, 1.82) is 0 Å². The van der Waals surface area contributed by atoms with Gasteiger partial charge in [0.2, 0.25) is 0 Å². The summed E-state index contributed by atoms with van der Waals surface area (Å²) in [6.07, 6.45) is 5.41. The van der Waals surface area contributed by atoms with Crippen LogP contribution < -0.4 is 10.4 Å². The number of benzene rings is 3. The van der Waals surface area contributed by atoms with E-state index in [1.165, 1.54) is 30.8 Å². The van der Waals surface area contributed by atoms with Gasteiger partial charge in [0.25, 0.3) is 8.32 Å². The summed E-state index contributed by atoms with van der Waals surface area (Å²) in [5.74, 6) is -0.812. The molecule has 0 bridgehead atoms. The molecule has 252 valence electrons. The number of aromatic nitrogens is 4. The quantitative estimate of drug-likeness (QED) is 0.209. The molecule has 0 fully saturated rings. The minimum absolute atomic E-state index is 0.107. The van der Waals surface area contributed by atoms with Crippen molar-refractivity contribution in [2.45, 2.75) is 44.7 Å². The zero-order chi connectivity index (χ0) is 34.1. The van der Waals surface area contributed by atoms with Crippen molar-refractivity contribution in [3.63, 3.8) is 0 Å². The summed E-state index contributed by atoms with van der Waals surface area (Å²) in [7, 11) is -3.64. The third kappa shape index (κ3) is 6.21. The van der Waals surface area contributed by atoms with Gasteiger partial charge < -0.3 is 14.1 Å². The van der Waals surface area contributed by atoms with Crippen molar-refractivity contribution in [2.75, 3.05) is 27.3 Å². The Balaban J connectivity index is 1.44. The fourth-order valence-electron chi connectivity index (χ4n) is 7.32. The minimum Gasteiger partial charge on any atom is -0.407 e. The van der Waals surface area contributed by atoms with Crippen molar-refractivity contribution < 1.29 is 18.0 Å². The van der Waals surface area contributed by atoms with Gasteiger partial charge in [-0.2, -0.15) is 12.7 Å². The maximum absolute atomic E-state index is 13.1. The van der Waals surface area contributed by atoms with E-state index in [0.29, 0.717) is 25.3 Å². The molecular formula is C37H45N5O4SSi. The zero-order valence-electron chi connectivity index (χ0n) is 28.3. The number of imidazole rings is 2. The van der Waals surface area contributed by atoms with Gasteiger partial charge >= 0.3 is 10.2 Å². The number of aliphatic hydroxyl groups is 1. The van der Waals surface area contributed by atoms with Crippen LogP contribution in [0.25, 0.3) is 0 Å². The van der Waals surface area contributed by atoms with Crippen LogP contribution in [0, 0.1) is 11.8 Å². The lowest BCUT2D eigenvalue weighted by Gasteiger charge is -2.45. The molecule has 0 amide bonds. The first-order chi connectivity index (χ1) is 23.0. The molecule has 2 heterocycles. The van der Waals surface area contributed by atoms with Gasteiger partial charge in [0, 0.05) is 46.0 Å². The molecule has 5 aromatic rings. The fourth-order valence-corrected chi connectivity index (χ4v) is 12.7. The van der Waals surface area contributed by atoms with Gasteiger partial charge in [0.1, 0.15) is 6.33 Å². The molecular weight excluding hydrogens is 639 g/mol. The van der Waals surface area contributed by atoms with Gasteiger partial charge in [0.15, 0.2) is 0 Å². The van der Waals surface area contributed by atoms with Gasteiger partial charge in [0.05, 0.1) is 29.3 Å². The van der Waals surface area contributed by atoms with Crippen LogP contribution in [0.5, 0.6) is 0 Å². The second kappa shape index (κ2) is 13.6. The number of rotatable bonds is 11. The minimum atomic E-state index is -3.78. The van der Waals surface area contributed by atoms with E-state index in [1.54, 1.807) is 6.20 Å². The molecule has 0 unspecified atom stereocenters. The molecule has 1 N–H and O–H groups in total. The predicted molar refractivity (Wildman–Crippen MR) is 191 cm³/mol. The van der Waals surface area contributed by atoms with Crippen LogP contribution in [-0.4, -0.2) is 72.0 Å². The molecule has 0 aliphatic heterocycles. The number of aliphatic hydroxyl groups excluding tert-OH is 1. The summed E-state index contributed by atoms with van der Waals surface area (Å²) in [5, 5.41) is 13.4. The second-order valence-electron chi connectivity index (χ2n) is 13.9. The van der Waals surface area contributed by atoms with E-state index in [-0.39, 0.29) is 23.5 Å². The number of hydrogen-bond donors (Lipinski definition) is 1. The molecule has 1 aliphatic rings. The summed E-state index contributed by atoms with van der Waals surface area (Å²) in [5.41, 5.74) is 3.56. The van der Waals surface area contributed by atoms with Gasteiger partial charge in [-0.15, -0.1) is 0 Å². The van der Waals surface area contributed by atoms with Crippen LogP contribution in [0.4, 0.5) is 0 Å². The van der Waals surface area contributed by atoms with Crippen molar-refractivity contribution in [3.8, 4) is 0 Å². The van der Waals surface area contributed by atoms with Gasteiger partial charge in [-0.3, -0.25) is 0 Å². The molecule has 0 spiro atoms. The van der Waals surface area contributed by atoms with Crippen LogP contribution in [0.2, 0.25) is 5.04 Å². The smallest absolute Gasteiger partial charge is 0.308 e. The van der Waals surface area contributed by atoms with E-state index >= 15 is 0 Å². The maximum Gasteiger partial charge on any atom is 0.308 e. The van der Waals surface area contributed by atoms with Gasteiger partial charge in [-0.25, -0.2) is 13.9 Å². The summed E-state index contributed by atoms with van der Waals surface area (Å²) in [6, 6.07) is 31.3. The van der Waals surface area contributed by atoms with E-state index in [4.69, 9.17) is 9.41 Å². The van der Waals surface area contributed by atoms with Crippen LogP contribution in [-0.2, 0) is 27.6 Å². The molecule has 9 nitrogen and oxygen atoms in total. The molecule has 1 aliphatic carbocycles. The summed E-state index contributed by atoms with van der Waals surface area (Å²) >= 11 is 0. The van der Waals surface area contributed by atoms with Crippen molar-refractivity contribution >= 4 is 28.9 Å². The Morgan fingerprint density at radius 3 is 2.02 bits per heavy atom. The molecule has 48 heavy (non-hydrogen) atoms. The Hall–Kier alpha value is -3.87. The Kier molecular flexibility index (Phi) is 9.61. The lowest BCUT2D eigenvalue weighted by molar-refractivity contribution is 0.103.